The molecule has 0 radical (unpaired) electrons. The molecule has 2 aromatic carbocycles. The first-order valence-corrected chi connectivity index (χ1v) is 8.19. The zero-order chi connectivity index (χ0) is 17.7. The Balaban J connectivity index is 2.11. The lowest BCUT2D eigenvalue weighted by atomic mass is 10.1. The van der Waals surface area contributed by atoms with Gasteiger partial charge in [-0.3, -0.25) is 4.79 Å². The van der Waals surface area contributed by atoms with Gasteiger partial charge in [-0.2, -0.15) is 0 Å². The molecule has 0 aliphatic heterocycles. The summed E-state index contributed by atoms with van der Waals surface area (Å²) in [4.78, 5) is 12.5. The number of para-hydroxylation sites is 2. The average Bonchev–Trinajstić information content (AvgIpc) is 2.54. The molecule has 0 saturated carbocycles. The number of amides is 1. The van der Waals surface area contributed by atoms with Crippen LogP contribution in [0, 0.1) is 20.8 Å². The second-order valence-corrected chi connectivity index (χ2v) is 5.88. The van der Waals surface area contributed by atoms with Crippen molar-refractivity contribution in [2.75, 3.05) is 11.9 Å². The van der Waals surface area contributed by atoms with Crippen LogP contribution in [0.5, 0.6) is 11.5 Å². The number of carbonyl (C=O) groups excluding carboxylic acids is 1. The number of rotatable bonds is 6. The summed E-state index contributed by atoms with van der Waals surface area (Å²) in [5, 5.41) is 2.88. The van der Waals surface area contributed by atoms with Crippen LogP contribution < -0.4 is 14.8 Å². The number of benzene rings is 2. The molecule has 2 rings (SSSR count). The van der Waals surface area contributed by atoms with Crippen LogP contribution in [0.2, 0.25) is 0 Å². The van der Waals surface area contributed by atoms with Gasteiger partial charge >= 0.3 is 0 Å². The number of nitrogens with one attached hydrogen (secondary N) is 1. The molecule has 128 valence electrons. The van der Waals surface area contributed by atoms with Crippen LogP contribution in [0.15, 0.2) is 36.4 Å². The highest BCUT2D eigenvalue weighted by molar-refractivity contribution is 5.95. The first kappa shape index (κ1) is 17.9. The molecule has 0 saturated heterocycles. The molecular formula is C20H25NO3. The number of anilines is 1. The van der Waals surface area contributed by atoms with E-state index in [1.807, 2.05) is 58.0 Å². The van der Waals surface area contributed by atoms with Crippen molar-refractivity contribution in [3.8, 4) is 11.5 Å². The highest BCUT2D eigenvalue weighted by Gasteiger charge is 2.18. The van der Waals surface area contributed by atoms with Crippen LogP contribution in [0.3, 0.4) is 0 Å². The van der Waals surface area contributed by atoms with E-state index >= 15 is 0 Å². The number of hydrogen-bond acceptors (Lipinski definition) is 3. The highest BCUT2D eigenvalue weighted by atomic mass is 16.5. The lowest BCUT2D eigenvalue weighted by Crippen LogP contribution is -2.30. The number of carbonyl (C=O) groups is 1. The van der Waals surface area contributed by atoms with Crippen molar-refractivity contribution in [1.82, 2.24) is 0 Å². The second kappa shape index (κ2) is 7.86. The van der Waals surface area contributed by atoms with E-state index in [9.17, 15) is 4.79 Å². The monoisotopic (exact) mass is 327 g/mol. The van der Waals surface area contributed by atoms with E-state index in [1.54, 1.807) is 6.92 Å². The van der Waals surface area contributed by atoms with Gasteiger partial charge in [-0.1, -0.05) is 18.2 Å². The first-order chi connectivity index (χ1) is 11.4. The Morgan fingerprint density at radius 1 is 1.12 bits per heavy atom. The van der Waals surface area contributed by atoms with Crippen molar-refractivity contribution in [3.63, 3.8) is 0 Å². The molecular weight excluding hydrogens is 302 g/mol. The van der Waals surface area contributed by atoms with Crippen molar-refractivity contribution in [3.05, 3.63) is 53.1 Å². The number of aryl methyl sites for hydroxylation is 2. The fraction of sp³-hybridized carbons (Fsp3) is 0.350. The van der Waals surface area contributed by atoms with Crippen LogP contribution in [0.1, 0.15) is 30.5 Å². The quantitative estimate of drug-likeness (QED) is 0.854. The highest BCUT2D eigenvalue weighted by Crippen LogP contribution is 2.26. The summed E-state index contributed by atoms with van der Waals surface area (Å²) in [5.41, 5.74) is 3.97. The molecule has 1 atom stereocenters. The number of hydrogen-bond donors (Lipinski definition) is 1. The molecule has 1 amide bonds. The Morgan fingerprint density at radius 3 is 2.54 bits per heavy atom. The van der Waals surface area contributed by atoms with Gasteiger partial charge in [0.2, 0.25) is 0 Å². The van der Waals surface area contributed by atoms with Crippen LogP contribution in [-0.2, 0) is 4.79 Å². The van der Waals surface area contributed by atoms with Crippen LogP contribution >= 0.6 is 0 Å². The third-order valence-electron chi connectivity index (χ3n) is 3.88. The summed E-state index contributed by atoms with van der Waals surface area (Å²) in [6.07, 6.45) is -0.611. The third-order valence-corrected chi connectivity index (χ3v) is 3.88. The minimum Gasteiger partial charge on any atom is -0.492 e. The zero-order valence-corrected chi connectivity index (χ0v) is 15.0. The number of ether oxygens (including phenoxy) is 2. The molecule has 0 bridgehead atoms. The zero-order valence-electron chi connectivity index (χ0n) is 15.0. The largest absolute Gasteiger partial charge is 0.492 e. The molecule has 1 unspecified atom stereocenters. The van der Waals surface area contributed by atoms with E-state index in [2.05, 4.69) is 11.4 Å². The lowest BCUT2D eigenvalue weighted by molar-refractivity contribution is -0.122. The fourth-order valence-corrected chi connectivity index (χ4v) is 2.45. The maximum atomic E-state index is 12.5. The van der Waals surface area contributed by atoms with E-state index in [1.165, 1.54) is 0 Å². The second-order valence-electron chi connectivity index (χ2n) is 5.88. The maximum Gasteiger partial charge on any atom is 0.265 e. The lowest BCUT2D eigenvalue weighted by Gasteiger charge is -2.19. The molecule has 24 heavy (non-hydrogen) atoms. The smallest absolute Gasteiger partial charge is 0.265 e. The van der Waals surface area contributed by atoms with Gasteiger partial charge in [-0.15, -0.1) is 0 Å². The van der Waals surface area contributed by atoms with E-state index in [4.69, 9.17) is 9.47 Å². The summed E-state index contributed by atoms with van der Waals surface area (Å²) in [6, 6.07) is 11.4. The molecule has 0 fully saturated rings. The van der Waals surface area contributed by atoms with Gasteiger partial charge in [0.25, 0.3) is 5.91 Å². The normalized spacial score (nSPS) is 11.7. The first-order valence-electron chi connectivity index (χ1n) is 8.19. The van der Waals surface area contributed by atoms with Gasteiger partial charge in [0.15, 0.2) is 6.10 Å². The summed E-state index contributed by atoms with van der Waals surface area (Å²) in [5.74, 6) is 1.19. The minimum atomic E-state index is -0.611. The fourth-order valence-electron chi connectivity index (χ4n) is 2.45. The predicted molar refractivity (Wildman–Crippen MR) is 97.0 cm³/mol. The SMILES string of the molecule is CCOc1ccccc1NC(=O)C(C)Oc1cc(C)cc(C)c1C. The van der Waals surface area contributed by atoms with Crippen LogP contribution in [0.25, 0.3) is 0 Å². The summed E-state index contributed by atoms with van der Waals surface area (Å²) >= 11 is 0. The van der Waals surface area contributed by atoms with E-state index in [0.29, 0.717) is 18.0 Å². The van der Waals surface area contributed by atoms with Gasteiger partial charge in [0.05, 0.1) is 12.3 Å². The molecule has 0 heterocycles. The van der Waals surface area contributed by atoms with Gasteiger partial charge in [-0.05, 0) is 69.5 Å². The van der Waals surface area contributed by atoms with Gasteiger partial charge in [0, 0.05) is 0 Å². The maximum absolute atomic E-state index is 12.5. The van der Waals surface area contributed by atoms with Gasteiger partial charge in [0.1, 0.15) is 11.5 Å². The topological polar surface area (TPSA) is 47.6 Å². The predicted octanol–water partition coefficient (Wildman–Crippen LogP) is 4.42. The Hall–Kier alpha value is -2.49. The third kappa shape index (κ3) is 4.28. The van der Waals surface area contributed by atoms with E-state index < -0.39 is 6.10 Å². The van der Waals surface area contributed by atoms with Crippen molar-refractivity contribution in [1.29, 1.82) is 0 Å². The molecule has 0 aromatic heterocycles. The Morgan fingerprint density at radius 2 is 1.83 bits per heavy atom. The minimum absolute atomic E-state index is 0.208. The summed E-state index contributed by atoms with van der Waals surface area (Å²) in [6.45, 7) is 10.3. The molecule has 1 N–H and O–H groups in total. The Labute approximate surface area is 143 Å². The van der Waals surface area contributed by atoms with Crippen molar-refractivity contribution in [2.24, 2.45) is 0 Å². The molecule has 4 heteroatoms. The van der Waals surface area contributed by atoms with Gasteiger partial charge in [-0.25, -0.2) is 0 Å². The summed E-state index contributed by atoms with van der Waals surface area (Å²) < 4.78 is 11.4. The molecule has 4 nitrogen and oxygen atoms in total. The van der Waals surface area contributed by atoms with Gasteiger partial charge < -0.3 is 14.8 Å². The Kier molecular flexibility index (Phi) is 5.85. The van der Waals surface area contributed by atoms with Crippen molar-refractivity contribution >= 4 is 11.6 Å². The van der Waals surface area contributed by atoms with Crippen molar-refractivity contribution in [2.45, 2.75) is 40.7 Å². The van der Waals surface area contributed by atoms with Crippen molar-refractivity contribution < 1.29 is 14.3 Å². The van der Waals surface area contributed by atoms with E-state index in [-0.39, 0.29) is 5.91 Å². The average molecular weight is 327 g/mol. The molecule has 0 aliphatic rings. The van der Waals surface area contributed by atoms with E-state index in [0.717, 1.165) is 22.4 Å². The van der Waals surface area contributed by atoms with Crippen LogP contribution in [0.4, 0.5) is 5.69 Å². The Bertz CT molecular complexity index is 725. The molecule has 2 aromatic rings. The standard InChI is InChI=1S/C20H25NO3/c1-6-23-18-10-8-7-9-17(18)21-20(22)16(5)24-19-12-13(2)11-14(3)15(19)4/h7-12,16H,6H2,1-5H3,(H,21,22). The van der Waals surface area contributed by atoms with Crippen LogP contribution in [-0.4, -0.2) is 18.6 Å². The molecule has 0 spiro atoms. The molecule has 0 aliphatic carbocycles. The summed E-state index contributed by atoms with van der Waals surface area (Å²) in [7, 11) is 0.